The van der Waals surface area contributed by atoms with Crippen molar-refractivity contribution in [2.24, 2.45) is 17.3 Å². The molecule has 0 saturated heterocycles. The molecule has 42 heavy (non-hydrogen) atoms. The number of hydrogen-bond donors (Lipinski definition) is 5. The van der Waals surface area contributed by atoms with Gasteiger partial charge in [0.2, 0.25) is 17.7 Å². The second-order valence-electron chi connectivity index (χ2n) is 9.52. The maximum Gasteiger partial charge on any atom is 0.335 e. The van der Waals surface area contributed by atoms with Gasteiger partial charge in [-0.15, -0.1) is 0 Å². The van der Waals surface area contributed by atoms with Crippen molar-refractivity contribution < 1.29 is 24.3 Å². The van der Waals surface area contributed by atoms with E-state index in [0.717, 1.165) is 0 Å². The van der Waals surface area contributed by atoms with Crippen LogP contribution in [0.1, 0.15) is 38.3 Å². The van der Waals surface area contributed by atoms with Gasteiger partial charge < -0.3 is 26.8 Å². The quantitative estimate of drug-likeness (QED) is 0.176. The van der Waals surface area contributed by atoms with Crippen molar-refractivity contribution >= 4 is 52.2 Å². The highest BCUT2D eigenvalue weighted by Gasteiger charge is 2.32. The zero-order valence-corrected chi connectivity index (χ0v) is 23.1. The Morgan fingerprint density at radius 1 is 1.07 bits per heavy atom. The molecule has 8 N–H and O–H groups in total. The van der Waals surface area contributed by atoms with E-state index in [2.05, 4.69) is 5.32 Å². The van der Waals surface area contributed by atoms with Crippen LogP contribution in [0.5, 0.6) is 0 Å². The molecule has 0 aliphatic carbocycles. The van der Waals surface area contributed by atoms with Crippen LogP contribution >= 0.6 is 11.6 Å². The maximum absolute atomic E-state index is 13.6. The van der Waals surface area contributed by atoms with Crippen molar-refractivity contribution in [2.75, 3.05) is 16.9 Å². The number of nitrogens with two attached hydrogens (primary N) is 3. The second kappa shape index (κ2) is 13.0. The van der Waals surface area contributed by atoms with Gasteiger partial charge >= 0.3 is 5.97 Å². The summed E-state index contributed by atoms with van der Waals surface area (Å²) in [4.78, 5) is 51.6. The van der Waals surface area contributed by atoms with E-state index in [1.54, 1.807) is 42.5 Å². The molecule has 0 radical (unpaired) electrons. The highest BCUT2D eigenvalue weighted by Crippen LogP contribution is 2.34. The third-order valence-electron chi connectivity index (χ3n) is 6.75. The first-order chi connectivity index (χ1) is 20.1. The Balaban J connectivity index is 1.66. The van der Waals surface area contributed by atoms with Gasteiger partial charge in [-0.05, 0) is 72.2 Å². The molecule has 11 nitrogen and oxygen atoms in total. The number of primary amides is 1. The fraction of sp³-hybridized carbons (Fsp3) is 0.133. The number of nitrogens with zero attached hydrogens (tertiary/aromatic N) is 2. The van der Waals surface area contributed by atoms with Gasteiger partial charge in [-0.1, -0.05) is 23.7 Å². The molecule has 216 valence electrons. The van der Waals surface area contributed by atoms with Crippen molar-refractivity contribution in [1.29, 1.82) is 0 Å². The molecule has 1 unspecified atom stereocenters. The number of amides is 3. The Kier molecular flexibility index (Phi) is 9.25. The molecule has 12 heteroatoms. The van der Waals surface area contributed by atoms with E-state index < -0.39 is 29.7 Å². The summed E-state index contributed by atoms with van der Waals surface area (Å²) in [5.41, 5.74) is 14.2. The van der Waals surface area contributed by atoms with Crippen LogP contribution in [0, 0.1) is 0 Å². The summed E-state index contributed by atoms with van der Waals surface area (Å²) in [5.74, 6) is 3.50. The van der Waals surface area contributed by atoms with Crippen molar-refractivity contribution in [2.45, 2.75) is 18.9 Å². The van der Waals surface area contributed by atoms with Gasteiger partial charge in [0.1, 0.15) is 6.04 Å². The number of carboxylic acids is 1. The average molecular weight is 589 g/mol. The summed E-state index contributed by atoms with van der Waals surface area (Å²) in [5, 5.41) is 13.7. The lowest BCUT2D eigenvalue weighted by Gasteiger charge is -2.34. The Morgan fingerprint density at radius 2 is 1.81 bits per heavy atom. The van der Waals surface area contributed by atoms with Crippen LogP contribution in [-0.2, 0) is 16.0 Å². The predicted molar refractivity (Wildman–Crippen MR) is 160 cm³/mol. The Bertz CT molecular complexity index is 1590. The van der Waals surface area contributed by atoms with Crippen LogP contribution in [0.25, 0.3) is 5.57 Å². The molecule has 0 bridgehead atoms. The summed E-state index contributed by atoms with van der Waals surface area (Å²) in [6.45, 7) is 0.194. The fourth-order valence-corrected chi connectivity index (χ4v) is 4.85. The van der Waals surface area contributed by atoms with Crippen LogP contribution < -0.4 is 27.6 Å². The molecular weight excluding hydrogens is 560 g/mol. The van der Waals surface area contributed by atoms with Gasteiger partial charge in [0.25, 0.3) is 0 Å². The van der Waals surface area contributed by atoms with Gasteiger partial charge in [0, 0.05) is 53.3 Å². The topological polar surface area (TPSA) is 185 Å². The van der Waals surface area contributed by atoms with Crippen LogP contribution in [0.3, 0.4) is 0 Å². The van der Waals surface area contributed by atoms with E-state index in [-0.39, 0.29) is 24.1 Å². The highest BCUT2D eigenvalue weighted by atomic mass is 35.5. The normalized spacial score (nSPS) is 13.9. The van der Waals surface area contributed by atoms with E-state index in [1.807, 2.05) is 0 Å². The second-order valence-corrected chi connectivity index (χ2v) is 9.95. The van der Waals surface area contributed by atoms with Gasteiger partial charge in [-0.2, -0.15) is 0 Å². The number of benzene rings is 3. The minimum Gasteiger partial charge on any atom is -0.478 e. The molecule has 3 aromatic rings. The minimum absolute atomic E-state index is 0.0649. The number of carbonyl (C=O) groups excluding carboxylic acids is 3. The number of carboxylic acid groups (broad SMARTS) is 1. The van der Waals surface area contributed by atoms with Gasteiger partial charge in [-0.3, -0.25) is 19.4 Å². The number of hydrogen-bond acceptors (Lipinski definition) is 7. The first-order valence-electron chi connectivity index (χ1n) is 12.8. The van der Waals surface area contributed by atoms with Crippen molar-refractivity contribution in [3.8, 4) is 0 Å². The number of halogens is 1. The molecule has 3 amide bonds. The summed E-state index contributed by atoms with van der Waals surface area (Å²) in [7, 11) is 0. The monoisotopic (exact) mass is 588 g/mol. The fourth-order valence-electron chi connectivity index (χ4n) is 4.68. The minimum atomic E-state index is -1.10. The number of carbonyl (C=O) groups is 4. The van der Waals surface area contributed by atoms with E-state index in [9.17, 15) is 19.2 Å². The van der Waals surface area contributed by atoms with Crippen LogP contribution in [0.2, 0.25) is 5.02 Å². The van der Waals surface area contributed by atoms with Crippen LogP contribution in [-0.4, -0.2) is 46.3 Å². The maximum atomic E-state index is 13.6. The summed E-state index contributed by atoms with van der Waals surface area (Å²) in [6.07, 6.45) is 4.67. The molecule has 0 spiro atoms. The van der Waals surface area contributed by atoms with E-state index >= 15 is 0 Å². The highest BCUT2D eigenvalue weighted by molar-refractivity contribution is 6.31. The Hall–Kier alpha value is -5.13. The SMILES string of the molecule is N/C=C\N(N)c1ccc(Cl)cc1C1=CC(=O)N(C(Cc2cccc(C(N)=O)c2)C(=O)Nc2ccc(C(=O)O)cc2)CC1. The van der Waals surface area contributed by atoms with Crippen LogP contribution in [0.15, 0.2) is 85.2 Å². The molecular formula is C30H29ClN6O5. The van der Waals surface area contributed by atoms with Gasteiger partial charge in [0.15, 0.2) is 0 Å². The molecule has 1 heterocycles. The number of rotatable bonds is 10. The molecule has 3 aromatic carbocycles. The molecule has 0 fully saturated rings. The zero-order chi connectivity index (χ0) is 30.4. The summed E-state index contributed by atoms with van der Waals surface area (Å²) >= 11 is 6.26. The number of nitrogens with one attached hydrogen (secondary N) is 1. The lowest BCUT2D eigenvalue weighted by atomic mass is 9.94. The molecule has 1 atom stereocenters. The largest absolute Gasteiger partial charge is 0.478 e. The van der Waals surface area contributed by atoms with E-state index in [0.29, 0.717) is 39.5 Å². The molecule has 1 aliphatic rings. The first-order valence-corrected chi connectivity index (χ1v) is 13.2. The molecule has 0 aromatic heterocycles. The summed E-state index contributed by atoms with van der Waals surface area (Å²) < 4.78 is 0. The van der Waals surface area contributed by atoms with Crippen molar-refractivity contribution in [3.63, 3.8) is 0 Å². The number of hydrazine groups is 1. The lowest BCUT2D eigenvalue weighted by Crippen LogP contribution is -2.49. The molecule has 1 aliphatic heterocycles. The molecule has 4 rings (SSSR count). The van der Waals surface area contributed by atoms with Gasteiger partial charge in [0.05, 0.1) is 11.3 Å². The summed E-state index contributed by atoms with van der Waals surface area (Å²) in [6, 6.07) is 16.3. The molecule has 0 saturated carbocycles. The zero-order valence-electron chi connectivity index (χ0n) is 22.4. The average Bonchev–Trinajstić information content (AvgIpc) is 2.96. The smallest absolute Gasteiger partial charge is 0.335 e. The van der Waals surface area contributed by atoms with E-state index in [1.165, 1.54) is 52.7 Å². The number of aromatic carboxylic acids is 1. The standard InChI is InChI=1S/C30H29ClN6O5/c31-22-6-9-25(37(34)13-11-32)24(17-22)20-10-12-36(27(38)16-20)26(15-18-2-1-3-21(14-18)28(33)39)29(40)35-23-7-4-19(5-8-23)30(41)42/h1-9,11,13-14,16-17,26H,10,12,15,32,34H2,(H2,33,39)(H,35,40)(H,41,42)/b13-11-. The van der Waals surface area contributed by atoms with Crippen molar-refractivity contribution in [1.82, 2.24) is 4.90 Å². The first kappa shape index (κ1) is 29.8. The Labute approximate surface area is 246 Å². The predicted octanol–water partition coefficient (Wildman–Crippen LogP) is 3.11. The Morgan fingerprint density at radius 3 is 2.45 bits per heavy atom. The van der Waals surface area contributed by atoms with Crippen LogP contribution in [0.4, 0.5) is 11.4 Å². The third-order valence-corrected chi connectivity index (χ3v) is 6.99. The van der Waals surface area contributed by atoms with E-state index in [4.69, 9.17) is 34.0 Å². The number of anilines is 2. The van der Waals surface area contributed by atoms with Gasteiger partial charge in [-0.25, -0.2) is 10.6 Å². The van der Waals surface area contributed by atoms with Crippen molar-refractivity contribution in [3.05, 3.63) is 112 Å². The third kappa shape index (κ3) is 6.95. The lowest BCUT2D eigenvalue weighted by molar-refractivity contribution is -0.135.